The van der Waals surface area contributed by atoms with Gasteiger partial charge in [0.25, 0.3) is 5.91 Å². The standard InChI is InChI=1S/C16H17NO3S/c1-20-16(19)12-6-4-8-17(10-12)15(18)14-9-11-5-2-3-7-13(11)21-14/h2-3,5,7,9,12H,4,6,8,10H2,1H3/t12-/m0/s1. The van der Waals surface area contributed by atoms with Crippen molar-refractivity contribution in [3.63, 3.8) is 0 Å². The zero-order valence-electron chi connectivity index (χ0n) is 11.9. The molecule has 1 aromatic carbocycles. The van der Waals surface area contributed by atoms with Gasteiger partial charge in [0, 0.05) is 17.8 Å². The van der Waals surface area contributed by atoms with Crippen LogP contribution in [0.25, 0.3) is 10.1 Å². The number of benzene rings is 1. The summed E-state index contributed by atoms with van der Waals surface area (Å²) in [7, 11) is 1.40. The first-order valence-corrected chi connectivity index (χ1v) is 7.86. The molecule has 3 rings (SSSR count). The third kappa shape index (κ3) is 2.78. The number of thiophene rings is 1. The van der Waals surface area contributed by atoms with E-state index in [0.717, 1.165) is 27.8 Å². The second-order valence-electron chi connectivity index (χ2n) is 5.26. The fourth-order valence-electron chi connectivity index (χ4n) is 2.76. The number of hydrogen-bond acceptors (Lipinski definition) is 4. The number of likely N-dealkylation sites (tertiary alicyclic amines) is 1. The second kappa shape index (κ2) is 5.85. The highest BCUT2D eigenvalue weighted by Crippen LogP contribution is 2.28. The van der Waals surface area contributed by atoms with Crippen LogP contribution in [-0.4, -0.2) is 37.0 Å². The number of ether oxygens (including phenoxy) is 1. The van der Waals surface area contributed by atoms with Crippen LogP contribution in [0.2, 0.25) is 0 Å². The Labute approximate surface area is 127 Å². The monoisotopic (exact) mass is 303 g/mol. The molecule has 0 spiro atoms. The van der Waals surface area contributed by atoms with Gasteiger partial charge in [-0.2, -0.15) is 0 Å². The van der Waals surface area contributed by atoms with E-state index in [1.165, 1.54) is 18.4 Å². The first-order valence-electron chi connectivity index (χ1n) is 7.04. The molecule has 110 valence electrons. The summed E-state index contributed by atoms with van der Waals surface area (Å²) in [6, 6.07) is 9.91. The zero-order valence-corrected chi connectivity index (χ0v) is 12.7. The Hall–Kier alpha value is -1.88. The maximum atomic E-state index is 12.6. The average molecular weight is 303 g/mol. The van der Waals surface area contributed by atoms with Crippen LogP contribution in [-0.2, 0) is 9.53 Å². The molecule has 0 bridgehead atoms. The third-order valence-electron chi connectivity index (χ3n) is 3.88. The predicted octanol–water partition coefficient (Wildman–Crippen LogP) is 2.93. The lowest BCUT2D eigenvalue weighted by Gasteiger charge is -2.31. The van der Waals surface area contributed by atoms with E-state index in [9.17, 15) is 9.59 Å². The second-order valence-corrected chi connectivity index (χ2v) is 6.35. The van der Waals surface area contributed by atoms with Crippen molar-refractivity contribution in [2.45, 2.75) is 12.8 Å². The summed E-state index contributed by atoms with van der Waals surface area (Å²) in [5.74, 6) is -0.393. The summed E-state index contributed by atoms with van der Waals surface area (Å²) >= 11 is 1.51. The topological polar surface area (TPSA) is 46.6 Å². The van der Waals surface area contributed by atoms with Crippen LogP contribution < -0.4 is 0 Å². The first kappa shape index (κ1) is 14.1. The Bertz CT molecular complexity index is 646. The summed E-state index contributed by atoms with van der Waals surface area (Å²) in [6.45, 7) is 1.17. The van der Waals surface area contributed by atoms with Crippen molar-refractivity contribution in [2.75, 3.05) is 20.2 Å². The number of fused-ring (bicyclic) bond motifs is 1. The molecule has 0 unspecified atom stereocenters. The Morgan fingerprint density at radius 1 is 1.33 bits per heavy atom. The van der Waals surface area contributed by atoms with Crippen LogP contribution in [0.1, 0.15) is 22.5 Å². The van der Waals surface area contributed by atoms with Gasteiger partial charge in [0.05, 0.1) is 17.9 Å². The average Bonchev–Trinajstić information content (AvgIpc) is 2.97. The molecular weight excluding hydrogens is 286 g/mol. The minimum absolute atomic E-state index is 0.0183. The molecular formula is C16H17NO3S. The van der Waals surface area contributed by atoms with E-state index in [4.69, 9.17) is 4.74 Å². The molecule has 2 aromatic rings. The van der Waals surface area contributed by atoms with E-state index >= 15 is 0 Å². The molecule has 1 amide bonds. The lowest BCUT2D eigenvalue weighted by molar-refractivity contribution is -0.146. The number of nitrogens with zero attached hydrogens (tertiary/aromatic N) is 1. The van der Waals surface area contributed by atoms with Gasteiger partial charge in [0.15, 0.2) is 0 Å². The number of amides is 1. The molecule has 1 saturated heterocycles. The molecule has 1 aliphatic rings. The summed E-state index contributed by atoms with van der Waals surface area (Å²) in [6.07, 6.45) is 1.64. The number of rotatable bonds is 2. The fraction of sp³-hybridized carbons (Fsp3) is 0.375. The Balaban J connectivity index is 1.79. The van der Waals surface area contributed by atoms with Crippen LogP contribution >= 0.6 is 11.3 Å². The van der Waals surface area contributed by atoms with Gasteiger partial charge in [0.1, 0.15) is 0 Å². The molecule has 1 aromatic heterocycles. The van der Waals surface area contributed by atoms with Crippen LogP contribution in [0.15, 0.2) is 30.3 Å². The normalized spacial score (nSPS) is 18.7. The quantitative estimate of drug-likeness (QED) is 0.801. The van der Waals surface area contributed by atoms with Crippen LogP contribution in [0, 0.1) is 5.92 Å². The molecule has 0 radical (unpaired) electrons. The Morgan fingerprint density at radius 3 is 2.90 bits per heavy atom. The highest BCUT2D eigenvalue weighted by molar-refractivity contribution is 7.20. The van der Waals surface area contributed by atoms with E-state index in [0.29, 0.717) is 13.1 Å². The number of carbonyl (C=O) groups excluding carboxylic acids is 2. The van der Waals surface area contributed by atoms with Gasteiger partial charge in [-0.1, -0.05) is 18.2 Å². The van der Waals surface area contributed by atoms with Gasteiger partial charge in [-0.15, -0.1) is 11.3 Å². The number of esters is 1. The smallest absolute Gasteiger partial charge is 0.310 e. The summed E-state index contributed by atoms with van der Waals surface area (Å²) < 4.78 is 5.91. The Kier molecular flexibility index (Phi) is 3.92. The molecule has 21 heavy (non-hydrogen) atoms. The maximum absolute atomic E-state index is 12.6. The lowest BCUT2D eigenvalue weighted by Crippen LogP contribution is -2.42. The van der Waals surface area contributed by atoms with E-state index in [2.05, 4.69) is 0 Å². The van der Waals surface area contributed by atoms with Crippen LogP contribution in [0.5, 0.6) is 0 Å². The van der Waals surface area contributed by atoms with Crippen molar-refractivity contribution in [1.82, 2.24) is 4.90 Å². The van der Waals surface area contributed by atoms with Gasteiger partial charge in [-0.05, 0) is 30.4 Å². The molecule has 0 N–H and O–H groups in total. The number of piperidine rings is 1. The zero-order chi connectivity index (χ0) is 14.8. The molecule has 1 aliphatic heterocycles. The minimum atomic E-state index is -0.219. The van der Waals surface area contributed by atoms with Crippen LogP contribution in [0.3, 0.4) is 0 Å². The molecule has 0 aliphatic carbocycles. The SMILES string of the molecule is COC(=O)[C@H]1CCCN(C(=O)c2cc3ccccc3s2)C1. The van der Waals surface area contributed by atoms with E-state index in [1.807, 2.05) is 30.3 Å². The molecule has 5 heteroatoms. The minimum Gasteiger partial charge on any atom is -0.469 e. The van der Waals surface area contributed by atoms with Gasteiger partial charge in [0.2, 0.25) is 0 Å². The van der Waals surface area contributed by atoms with E-state index in [1.54, 1.807) is 4.90 Å². The van der Waals surface area contributed by atoms with E-state index < -0.39 is 0 Å². The summed E-state index contributed by atoms with van der Waals surface area (Å²) in [5, 5.41) is 1.09. The molecule has 0 saturated carbocycles. The molecule has 1 atom stereocenters. The predicted molar refractivity (Wildman–Crippen MR) is 82.5 cm³/mol. The number of hydrogen-bond donors (Lipinski definition) is 0. The van der Waals surface area contributed by atoms with Crippen molar-refractivity contribution < 1.29 is 14.3 Å². The third-order valence-corrected chi connectivity index (χ3v) is 4.98. The largest absolute Gasteiger partial charge is 0.469 e. The lowest BCUT2D eigenvalue weighted by atomic mass is 9.98. The van der Waals surface area contributed by atoms with Gasteiger partial charge in [-0.3, -0.25) is 9.59 Å². The van der Waals surface area contributed by atoms with Gasteiger partial charge in [-0.25, -0.2) is 0 Å². The first-order chi connectivity index (χ1) is 10.2. The summed E-state index contributed by atoms with van der Waals surface area (Å²) in [5.41, 5.74) is 0. The fourth-order valence-corrected chi connectivity index (χ4v) is 3.79. The molecule has 1 fully saturated rings. The van der Waals surface area contributed by atoms with Gasteiger partial charge >= 0.3 is 5.97 Å². The molecule has 4 nitrogen and oxygen atoms in total. The van der Waals surface area contributed by atoms with Gasteiger partial charge < -0.3 is 9.64 Å². The van der Waals surface area contributed by atoms with Crippen molar-refractivity contribution in [3.8, 4) is 0 Å². The van der Waals surface area contributed by atoms with Crippen LogP contribution in [0.4, 0.5) is 0 Å². The maximum Gasteiger partial charge on any atom is 0.310 e. The van der Waals surface area contributed by atoms with Crippen molar-refractivity contribution in [3.05, 3.63) is 35.2 Å². The van der Waals surface area contributed by atoms with Crippen molar-refractivity contribution in [2.24, 2.45) is 5.92 Å². The summed E-state index contributed by atoms with van der Waals surface area (Å²) in [4.78, 5) is 26.8. The number of carbonyl (C=O) groups is 2. The highest BCUT2D eigenvalue weighted by atomic mass is 32.1. The van der Waals surface area contributed by atoms with Crippen molar-refractivity contribution in [1.29, 1.82) is 0 Å². The van der Waals surface area contributed by atoms with Crippen molar-refractivity contribution >= 4 is 33.3 Å². The van der Waals surface area contributed by atoms with E-state index in [-0.39, 0.29) is 17.8 Å². The Morgan fingerprint density at radius 2 is 2.14 bits per heavy atom. The molecule has 2 heterocycles. The highest BCUT2D eigenvalue weighted by Gasteiger charge is 2.30. The number of methoxy groups -OCH3 is 1.